The molecule has 1 aromatic carbocycles. The molecule has 82 valence electrons. The number of rotatable bonds is 2. The van der Waals surface area contributed by atoms with Crippen molar-refractivity contribution in [2.45, 2.75) is 24.5 Å². The lowest BCUT2D eigenvalue weighted by atomic mass is 9.95. The third-order valence-electron chi connectivity index (χ3n) is 3.00. The zero-order chi connectivity index (χ0) is 11.7. The molecule has 0 saturated carbocycles. The third kappa shape index (κ3) is 1.44. The number of hydrogen-bond acceptors (Lipinski definition) is 4. The molecule has 0 aliphatic heterocycles. The van der Waals surface area contributed by atoms with Gasteiger partial charge in [-0.2, -0.15) is 5.26 Å². The summed E-state index contributed by atoms with van der Waals surface area (Å²) < 4.78 is 0. The largest absolute Gasteiger partial charge is 0.381 e. The standard InChI is InChI=1S/C11H10N2O3/c12-6-5-8-7-3-1-2-4-9(7)11(14)10(8)13(15)16/h1-4,8,10-11,14H,5H2/t8-,10+,11+/m1/s1. The summed E-state index contributed by atoms with van der Waals surface area (Å²) in [4.78, 5) is 10.4. The van der Waals surface area contributed by atoms with E-state index in [1.165, 1.54) is 0 Å². The van der Waals surface area contributed by atoms with Crippen molar-refractivity contribution in [3.63, 3.8) is 0 Å². The van der Waals surface area contributed by atoms with Gasteiger partial charge in [0, 0.05) is 11.3 Å². The van der Waals surface area contributed by atoms with Crippen LogP contribution in [-0.4, -0.2) is 16.1 Å². The molecule has 0 radical (unpaired) electrons. The maximum absolute atomic E-state index is 10.9. The van der Waals surface area contributed by atoms with Crippen LogP contribution in [0.4, 0.5) is 0 Å². The molecule has 5 nitrogen and oxygen atoms in total. The normalized spacial score (nSPS) is 27.1. The molecule has 16 heavy (non-hydrogen) atoms. The van der Waals surface area contributed by atoms with E-state index >= 15 is 0 Å². The number of nitriles is 1. The van der Waals surface area contributed by atoms with Gasteiger partial charge in [0.25, 0.3) is 0 Å². The van der Waals surface area contributed by atoms with Crippen molar-refractivity contribution in [2.24, 2.45) is 0 Å². The average Bonchev–Trinajstić information content (AvgIpc) is 2.54. The Morgan fingerprint density at radius 2 is 2.06 bits per heavy atom. The summed E-state index contributed by atoms with van der Waals surface area (Å²) in [5, 5.41) is 29.4. The van der Waals surface area contributed by atoms with Crippen LogP contribution in [0, 0.1) is 21.4 Å². The Morgan fingerprint density at radius 3 is 2.62 bits per heavy atom. The van der Waals surface area contributed by atoms with E-state index in [2.05, 4.69) is 0 Å². The molecule has 0 saturated heterocycles. The Labute approximate surface area is 92.1 Å². The van der Waals surface area contributed by atoms with Crippen molar-refractivity contribution in [3.05, 3.63) is 45.5 Å². The fourth-order valence-electron chi connectivity index (χ4n) is 2.30. The molecule has 3 atom stereocenters. The van der Waals surface area contributed by atoms with Gasteiger partial charge in [-0.15, -0.1) is 0 Å². The first-order chi connectivity index (χ1) is 7.66. The molecule has 0 unspecified atom stereocenters. The van der Waals surface area contributed by atoms with Gasteiger partial charge in [-0.1, -0.05) is 24.3 Å². The van der Waals surface area contributed by atoms with Gasteiger partial charge in [-0.25, -0.2) is 0 Å². The summed E-state index contributed by atoms with van der Waals surface area (Å²) >= 11 is 0. The first kappa shape index (κ1) is 10.6. The molecule has 1 N–H and O–H groups in total. The molecule has 1 aliphatic carbocycles. The van der Waals surface area contributed by atoms with Gasteiger partial charge in [-0.3, -0.25) is 10.1 Å². The highest BCUT2D eigenvalue weighted by molar-refractivity contribution is 5.39. The second-order valence-corrected chi connectivity index (χ2v) is 3.82. The zero-order valence-corrected chi connectivity index (χ0v) is 8.41. The lowest BCUT2D eigenvalue weighted by Crippen LogP contribution is -2.27. The highest BCUT2D eigenvalue weighted by Gasteiger charge is 2.47. The van der Waals surface area contributed by atoms with E-state index in [9.17, 15) is 15.2 Å². The average molecular weight is 218 g/mol. The summed E-state index contributed by atoms with van der Waals surface area (Å²) in [5.41, 5.74) is 1.29. The molecule has 2 rings (SSSR count). The lowest BCUT2D eigenvalue weighted by molar-refractivity contribution is -0.537. The summed E-state index contributed by atoms with van der Waals surface area (Å²) in [6, 6.07) is 7.75. The van der Waals surface area contributed by atoms with Gasteiger partial charge >= 0.3 is 0 Å². The van der Waals surface area contributed by atoms with E-state index < -0.39 is 23.0 Å². The maximum Gasteiger partial charge on any atom is 0.250 e. The smallest absolute Gasteiger partial charge is 0.250 e. The molecule has 0 bridgehead atoms. The first-order valence-electron chi connectivity index (χ1n) is 4.94. The number of hydrogen-bond donors (Lipinski definition) is 1. The minimum absolute atomic E-state index is 0.0553. The summed E-state index contributed by atoms with van der Waals surface area (Å²) in [6.45, 7) is 0. The molecule has 0 aromatic heterocycles. The number of aliphatic hydroxyl groups excluding tert-OH is 1. The molecular weight excluding hydrogens is 208 g/mol. The number of aliphatic hydroxyl groups is 1. The minimum atomic E-state index is -1.11. The number of nitro groups is 1. The van der Waals surface area contributed by atoms with Crippen LogP contribution in [0.3, 0.4) is 0 Å². The second kappa shape index (κ2) is 3.91. The van der Waals surface area contributed by atoms with Crippen molar-refractivity contribution in [2.75, 3.05) is 0 Å². The molecular formula is C11H10N2O3. The van der Waals surface area contributed by atoms with Crippen LogP contribution in [0.15, 0.2) is 24.3 Å². The van der Waals surface area contributed by atoms with Crippen LogP contribution in [-0.2, 0) is 0 Å². The van der Waals surface area contributed by atoms with Gasteiger partial charge in [0.05, 0.1) is 12.0 Å². The van der Waals surface area contributed by atoms with E-state index in [-0.39, 0.29) is 6.42 Å². The van der Waals surface area contributed by atoms with Gasteiger partial charge in [-0.05, 0) is 11.1 Å². The number of nitrogens with zero attached hydrogens (tertiary/aromatic N) is 2. The quantitative estimate of drug-likeness (QED) is 0.600. The van der Waals surface area contributed by atoms with Gasteiger partial charge in [0.2, 0.25) is 6.04 Å². The van der Waals surface area contributed by atoms with Crippen molar-refractivity contribution in [3.8, 4) is 6.07 Å². The highest BCUT2D eigenvalue weighted by Crippen LogP contribution is 2.43. The van der Waals surface area contributed by atoms with E-state index in [1.807, 2.05) is 6.07 Å². The molecule has 0 amide bonds. The van der Waals surface area contributed by atoms with E-state index in [0.717, 1.165) is 5.56 Å². The summed E-state index contributed by atoms with van der Waals surface area (Å²) in [5.74, 6) is -0.508. The second-order valence-electron chi connectivity index (χ2n) is 3.82. The van der Waals surface area contributed by atoms with Crippen LogP contribution in [0.5, 0.6) is 0 Å². The van der Waals surface area contributed by atoms with Crippen molar-refractivity contribution in [1.29, 1.82) is 5.26 Å². The van der Waals surface area contributed by atoms with Crippen LogP contribution in [0.25, 0.3) is 0 Å². The minimum Gasteiger partial charge on any atom is -0.381 e. The Morgan fingerprint density at radius 1 is 1.44 bits per heavy atom. The monoisotopic (exact) mass is 218 g/mol. The van der Waals surface area contributed by atoms with Crippen LogP contribution < -0.4 is 0 Å². The lowest BCUT2D eigenvalue weighted by Gasteiger charge is -2.12. The van der Waals surface area contributed by atoms with Gasteiger partial charge in [0.1, 0.15) is 6.10 Å². The predicted octanol–water partition coefficient (Wildman–Crippen LogP) is 1.38. The molecule has 1 aromatic rings. The van der Waals surface area contributed by atoms with Gasteiger partial charge in [0.15, 0.2) is 0 Å². The molecule has 1 aliphatic rings. The molecule has 0 heterocycles. The highest BCUT2D eigenvalue weighted by atomic mass is 16.6. The fourth-order valence-corrected chi connectivity index (χ4v) is 2.30. The predicted molar refractivity (Wildman–Crippen MR) is 55.2 cm³/mol. The van der Waals surface area contributed by atoms with Gasteiger partial charge < -0.3 is 5.11 Å². The fraction of sp³-hybridized carbons (Fsp3) is 0.364. The van der Waals surface area contributed by atoms with E-state index in [0.29, 0.717) is 5.56 Å². The van der Waals surface area contributed by atoms with Crippen LogP contribution >= 0.6 is 0 Å². The summed E-state index contributed by atoms with van der Waals surface area (Å²) in [7, 11) is 0. The van der Waals surface area contributed by atoms with Crippen molar-refractivity contribution < 1.29 is 10.0 Å². The Hall–Kier alpha value is -1.93. The van der Waals surface area contributed by atoms with Crippen LogP contribution in [0.2, 0.25) is 0 Å². The maximum atomic E-state index is 10.9. The Kier molecular flexibility index (Phi) is 2.59. The number of fused-ring (bicyclic) bond motifs is 1. The SMILES string of the molecule is N#CC[C@@H]1c2ccccc2[C@H](O)[C@H]1[N+](=O)[O-]. The molecule has 0 fully saturated rings. The third-order valence-corrected chi connectivity index (χ3v) is 3.00. The number of benzene rings is 1. The summed E-state index contributed by atoms with van der Waals surface area (Å²) in [6.07, 6.45) is -1.05. The van der Waals surface area contributed by atoms with Crippen LogP contribution in [0.1, 0.15) is 29.6 Å². The zero-order valence-electron chi connectivity index (χ0n) is 8.41. The molecule has 0 spiro atoms. The van der Waals surface area contributed by atoms with E-state index in [4.69, 9.17) is 5.26 Å². The Balaban J connectivity index is 2.48. The Bertz CT molecular complexity index is 467. The first-order valence-corrected chi connectivity index (χ1v) is 4.94. The molecule has 5 heteroatoms. The van der Waals surface area contributed by atoms with Crippen molar-refractivity contribution in [1.82, 2.24) is 0 Å². The van der Waals surface area contributed by atoms with Crippen molar-refractivity contribution >= 4 is 0 Å². The topological polar surface area (TPSA) is 87.2 Å². The van der Waals surface area contributed by atoms with E-state index in [1.54, 1.807) is 24.3 Å².